The molecule has 0 heterocycles. The van der Waals surface area contributed by atoms with Gasteiger partial charge >= 0.3 is 0 Å². The number of sulfonamides is 1. The number of ether oxygens (including phenoxy) is 1. The molecule has 3 N–H and O–H groups in total. The maximum absolute atomic E-state index is 13.2. The van der Waals surface area contributed by atoms with Crippen LogP contribution in [0.5, 0.6) is 0 Å². The molecule has 0 aromatic heterocycles. The Morgan fingerprint density at radius 3 is 2.74 bits per heavy atom. The van der Waals surface area contributed by atoms with Crippen LogP contribution in [0, 0.1) is 5.82 Å². The Kier molecular flexibility index (Phi) is 6.36. The van der Waals surface area contributed by atoms with E-state index >= 15 is 0 Å². The molecule has 1 rings (SSSR count). The third-order valence-corrected chi connectivity index (χ3v) is 4.15. The number of nitrogens with one attached hydrogen (secondary N) is 1. The Labute approximate surface area is 113 Å². The molecular weight excluding hydrogens is 271 g/mol. The van der Waals surface area contributed by atoms with Gasteiger partial charge in [-0.1, -0.05) is 6.07 Å². The Morgan fingerprint density at radius 2 is 2.11 bits per heavy atom. The average Bonchev–Trinajstić information content (AvgIpc) is 2.38. The van der Waals surface area contributed by atoms with Gasteiger partial charge in [0.1, 0.15) is 5.82 Å². The lowest BCUT2D eigenvalue weighted by molar-refractivity contribution is 0.193. The number of halogens is 1. The first-order chi connectivity index (χ1) is 9.01. The topological polar surface area (TPSA) is 81.4 Å². The van der Waals surface area contributed by atoms with E-state index in [1.165, 1.54) is 12.1 Å². The van der Waals surface area contributed by atoms with Crippen LogP contribution < -0.4 is 10.5 Å². The van der Waals surface area contributed by atoms with Gasteiger partial charge in [-0.2, -0.15) is 0 Å². The smallest absolute Gasteiger partial charge is 0.240 e. The lowest BCUT2D eigenvalue weighted by Crippen LogP contribution is -2.26. The van der Waals surface area contributed by atoms with Crippen LogP contribution >= 0.6 is 0 Å². The lowest BCUT2D eigenvalue weighted by atomic mass is 10.2. The highest BCUT2D eigenvalue weighted by Crippen LogP contribution is 2.16. The predicted molar refractivity (Wildman–Crippen MR) is 70.6 cm³/mol. The fourth-order valence-corrected chi connectivity index (χ4v) is 2.94. The normalized spacial score (nSPS) is 11.7. The van der Waals surface area contributed by atoms with E-state index in [1.807, 2.05) is 0 Å². The van der Waals surface area contributed by atoms with E-state index in [4.69, 9.17) is 10.5 Å². The second-order valence-corrected chi connectivity index (χ2v) is 5.79. The lowest BCUT2D eigenvalue weighted by Gasteiger charge is -2.10. The van der Waals surface area contributed by atoms with E-state index in [2.05, 4.69) is 4.72 Å². The summed E-state index contributed by atoms with van der Waals surface area (Å²) in [6.45, 7) is 0.905. The molecule has 0 fully saturated rings. The van der Waals surface area contributed by atoms with Crippen LogP contribution in [0.25, 0.3) is 0 Å². The number of benzene rings is 1. The van der Waals surface area contributed by atoms with Crippen molar-refractivity contribution in [1.29, 1.82) is 0 Å². The van der Waals surface area contributed by atoms with Crippen molar-refractivity contribution in [3.63, 3.8) is 0 Å². The minimum absolute atomic E-state index is 0.0419. The number of unbranched alkanes of at least 4 members (excludes halogenated alkanes) is 1. The van der Waals surface area contributed by atoms with E-state index in [0.717, 1.165) is 12.5 Å². The summed E-state index contributed by atoms with van der Waals surface area (Å²) in [5.74, 6) is -0.600. The van der Waals surface area contributed by atoms with Crippen molar-refractivity contribution < 1.29 is 17.5 Å². The molecule has 0 saturated heterocycles. The minimum Gasteiger partial charge on any atom is -0.385 e. The molecule has 0 unspecified atom stereocenters. The third kappa shape index (κ3) is 4.87. The number of rotatable bonds is 8. The molecule has 7 heteroatoms. The van der Waals surface area contributed by atoms with Crippen LogP contribution in [0.15, 0.2) is 23.1 Å². The van der Waals surface area contributed by atoms with Crippen LogP contribution in [0.4, 0.5) is 4.39 Å². The van der Waals surface area contributed by atoms with Crippen molar-refractivity contribution in [2.24, 2.45) is 5.73 Å². The standard InChI is InChI=1S/C12H19FN2O3S/c1-18-7-3-2-6-15-19(16,17)12-8-11(13)5-4-10(12)9-14/h4-5,8,15H,2-3,6-7,9,14H2,1H3. The van der Waals surface area contributed by atoms with E-state index in [-0.39, 0.29) is 18.0 Å². The highest BCUT2D eigenvalue weighted by molar-refractivity contribution is 7.89. The Hall–Kier alpha value is -1.02. The summed E-state index contributed by atoms with van der Waals surface area (Å²) < 4.78 is 44.5. The summed E-state index contributed by atoms with van der Waals surface area (Å²) in [7, 11) is -2.14. The van der Waals surface area contributed by atoms with Gasteiger partial charge in [-0.05, 0) is 30.5 Å². The fraction of sp³-hybridized carbons (Fsp3) is 0.500. The second kappa shape index (κ2) is 7.54. The summed E-state index contributed by atoms with van der Waals surface area (Å²) in [6.07, 6.45) is 1.41. The van der Waals surface area contributed by atoms with Crippen molar-refractivity contribution in [3.8, 4) is 0 Å². The van der Waals surface area contributed by atoms with Gasteiger partial charge in [0, 0.05) is 26.8 Å². The molecule has 0 bridgehead atoms. The Morgan fingerprint density at radius 1 is 1.37 bits per heavy atom. The van der Waals surface area contributed by atoms with Gasteiger partial charge in [0.2, 0.25) is 10.0 Å². The number of nitrogens with two attached hydrogens (primary N) is 1. The molecule has 19 heavy (non-hydrogen) atoms. The highest BCUT2D eigenvalue weighted by Gasteiger charge is 2.18. The van der Waals surface area contributed by atoms with Gasteiger partial charge in [0.15, 0.2) is 0 Å². The molecule has 0 saturated carbocycles. The van der Waals surface area contributed by atoms with Crippen LogP contribution in [0.3, 0.4) is 0 Å². The Bertz CT molecular complexity index is 506. The second-order valence-electron chi connectivity index (χ2n) is 4.05. The average molecular weight is 290 g/mol. The molecule has 0 atom stereocenters. The fourth-order valence-electron chi connectivity index (χ4n) is 1.60. The maximum Gasteiger partial charge on any atom is 0.240 e. The summed E-state index contributed by atoms with van der Waals surface area (Å²) in [4.78, 5) is -0.0956. The molecule has 5 nitrogen and oxygen atoms in total. The molecule has 0 spiro atoms. The zero-order chi connectivity index (χ0) is 14.3. The van der Waals surface area contributed by atoms with E-state index in [1.54, 1.807) is 7.11 Å². The van der Waals surface area contributed by atoms with Gasteiger partial charge in [0.25, 0.3) is 0 Å². The van der Waals surface area contributed by atoms with Crippen LogP contribution in [0.1, 0.15) is 18.4 Å². The largest absolute Gasteiger partial charge is 0.385 e. The van der Waals surface area contributed by atoms with E-state index < -0.39 is 15.8 Å². The number of methoxy groups -OCH3 is 1. The minimum atomic E-state index is -3.72. The van der Waals surface area contributed by atoms with E-state index in [0.29, 0.717) is 18.6 Å². The third-order valence-electron chi connectivity index (χ3n) is 2.61. The SMILES string of the molecule is COCCCCNS(=O)(=O)c1cc(F)ccc1CN. The van der Waals surface area contributed by atoms with Crippen molar-refractivity contribution in [2.75, 3.05) is 20.3 Å². The van der Waals surface area contributed by atoms with E-state index in [9.17, 15) is 12.8 Å². The monoisotopic (exact) mass is 290 g/mol. The molecular formula is C12H19FN2O3S. The summed E-state index contributed by atoms with van der Waals surface area (Å²) >= 11 is 0. The van der Waals surface area contributed by atoms with Crippen LogP contribution in [0.2, 0.25) is 0 Å². The van der Waals surface area contributed by atoms with Gasteiger partial charge in [0.05, 0.1) is 4.90 Å². The van der Waals surface area contributed by atoms with Gasteiger partial charge in [-0.3, -0.25) is 0 Å². The molecule has 0 aliphatic rings. The first-order valence-corrected chi connectivity index (χ1v) is 7.46. The van der Waals surface area contributed by atoms with Gasteiger partial charge in [-0.15, -0.1) is 0 Å². The van der Waals surface area contributed by atoms with Crippen LogP contribution in [-0.2, 0) is 21.3 Å². The van der Waals surface area contributed by atoms with Gasteiger partial charge < -0.3 is 10.5 Å². The molecule has 0 radical (unpaired) electrons. The number of hydrogen-bond acceptors (Lipinski definition) is 4. The van der Waals surface area contributed by atoms with Gasteiger partial charge in [-0.25, -0.2) is 17.5 Å². The summed E-state index contributed by atoms with van der Waals surface area (Å²) in [5.41, 5.74) is 5.85. The number of hydrogen-bond donors (Lipinski definition) is 2. The first-order valence-electron chi connectivity index (χ1n) is 5.98. The zero-order valence-electron chi connectivity index (χ0n) is 10.9. The molecule has 1 aromatic rings. The van der Waals surface area contributed by atoms with Crippen molar-refractivity contribution >= 4 is 10.0 Å². The summed E-state index contributed by atoms with van der Waals surface area (Å²) in [6, 6.07) is 3.56. The molecule has 0 amide bonds. The van der Waals surface area contributed by atoms with Crippen molar-refractivity contribution in [2.45, 2.75) is 24.3 Å². The Balaban J connectivity index is 2.74. The predicted octanol–water partition coefficient (Wildman–Crippen LogP) is 0.989. The molecule has 0 aliphatic carbocycles. The first kappa shape index (κ1) is 16.0. The maximum atomic E-state index is 13.2. The van der Waals surface area contributed by atoms with Crippen molar-refractivity contribution in [1.82, 2.24) is 4.72 Å². The quantitative estimate of drug-likeness (QED) is 0.700. The summed E-state index contributed by atoms with van der Waals surface area (Å²) in [5, 5.41) is 0. The zero-order valence-corrected chi connectivity index (χ0v) is 11.7. The highest BCUT2D eigenvalue weighted by atomic mass is 32.2. The van der Waals surface area contributed by atoms with Crippen LogP contribution in [-0.4, -0.2) is 28.7 Å². The molecule has 0 aliphatic heterocycles. The van der Waals surface area contributed by atoms with Crippen molar-refractivity contribution in [3.05, 3.63) is 29.6 Å². The molecule has 1 aromatic carbocycles. The molecule has 108 valence electrons.